The van der Waals surface area contributed by atoms with Gasteiger partial charge in [0.05, 0.1) is 0 Å². The second-order valence-electron chi connectivity index (χ2n) is 6.64. The average molecular weight is 344 g/mol. The minimum Gasteiger partial charge on any atom is -0.327 e. The summed E-state index contributed by atoms with van der Waals surface area (Å²) in [6.45, 7) is 3.79. The van der Waals surface area contributed by atoms with Crippen LogP contribution in [-0.2, 0) is 22.7 Å². The molecule has 4 N–H and O–H groups in total. The number of amides is 3. The highest BCUT2D eigenvalue weighted by atomic mass is 16.2. The number of fused-ring (bicyclic) bond motifs is 1. The van der Waals surface area contributed by atoms with E-state index in [2.05, 4.69) is 10.6 Å². The smallest absolute Gasteiger partial charge is 0.255 e. The van der Waals surface area contributed by atoms with Crippen LogP contribution in [0.1, 0.15) is 47.7 Å². The summed E-state index contributed by atoms with van der Waals surface area (Å²) in [5, 5.41) is 5.65. The fraction of sp³-hybridized carbons (Fsp3) is 0.500. The van der Waals surface area contributed by atoms with Crippen molar-refractivity contribution in [2.75, 3.05) is 6.54 Å². The van der Waals surface area contributed by atoms with E-state index in [4.69, 9.17) is 5.73 Å². The van der Waals surface area contributed by atoms with Gasteiger partial charge in [0, 0.05) is 37.7 Å². The first kappa shape index (κ1) is 17.6. The molecule has 2 aliphatic rings. The molecule has 1 saturated heterocycles. The lowest BCUT2D eigenvalue weighted by Gasteiger charge is -2.29. The number of piperidine rings is 1. The van der Waals surface area contributed by atoms with Gasteiger partial charge in [0.2, 0.25) is 11.8 Å². The standard InChI is InChI=1S/C18H24N4O3/c1-2-12(19)9-20-8-11-4-3-5-13-14(11)10-22(18(13)25)15-6-7-16(23)21-17(15)24/h3-5,12,15,20H,2,6-10,19H2,1H3,(H,21,23,24). The van der Waals surface area contributed by atoms with Crippen molar-refractivity contribution in [3.8, 4) is 0 Å². The Balaban J connectivity index is 1.73. The van der Waals surface area contributed by atoms with Crippen LogP contribution >= 0.6 is 0 Å². The van der Waals surface area contributed by atoms with E-state index in [0.717, 1.165) is 17.5 Å². The molecule has 1 aromatic carbocycles. The van der Waals surface area contributed by atoms with Crippen LogP contribution in [0.2, 0.25) is 0 Å². The van der Waals surface area contributed by atoms with Crippen molar-refractivity contribution in [3.63, 3.8) is 0 Å². The maximum atomic E-state index is 12.7. The molecule has 3 amide bonds. The number of nitrogens with zero attached hydrogens (tertiary/aromatic N) is 1. The SMILES string of the molecule is CCC(N)CNCc1cccc2c1CN(C1CCC(=O)NC1=O)C2=O. The third kappa shape index (κ3) is 3.57. The van der Waals surface area contributed by atoms with Gasteiger partial charge >= 0.3 is 0 Å². The minimum atomic E-state index is -0.577. The number of rotatable bonds is 6. The molecular formula is C18H24N4O3. The van der Waals surface area contributed by atoms with Crippen molar-refractivity contribution in [3.05, 3.63) is 34.9 Å². The molecule has 7 nitrogen and oxygen atoms in total. The van der Waals surface area contributed by atoms with Gasteiger partial charge in [-0.2, -0.15) is 0 Å². The summed E-state index contributed by atoms with van der Waals surface area (Å²) in [6, 6.07) is 5.18. The van der Waals surface area contributed by atoms with Crippen LogP contribution in [0.4, 0.5) is 0 Å². The third-order valence-corrected chi connectivity index (χ3v) is 4.93. The van der Waals surface area contributed by atoms with Crippen molar-refractivity contribution >= 4 is 17.7 Å². The molecule has 25 heavy (non-hydrogen) atoms. The van der Waals surface area contributed by atoms with E-state index in [1.165, 1.54) is 0 Å². The Morgan fingerprint density at radius 3 is 2.88 bits per heavy atom. The summed E-state index contributed by atoms with van der Waals surface area (Å²) < 4.78 is 0. The van der Waals surface area contributed by atoms with E-state index in [1.54, 1.807) is 11.0 Å². The first-order chi connectivity index (χ1) is 12.0. The Hall–Kier alpha value is -2.25. The van der Waals surface area contributed by atoms with E-state index in [-0.39, 0.29) is 30.2 Å². The number of benzene rings is 1. The molecule has 7 heteroatoms. The van der Waals surface area contributed by atoms with E-state index in [1.807, 2.05) is 19.1 Å². The van der Waals surface area contributed by atoms with E-state index < -0.39 is 6.04 Å². The van der Waals surface area contributed by atoms with Crippen LogP contribution in [0.3, 0.4) is 0 Å². The number of hydrogen-bond acceptors (Lipinski definition) is 5. The van der Waals surface area contributed by atoms with Gasteiger partial charge < -0.3 is 16.0 Å². The molecular weight excluding hydrogens is 320 g/mol. The van der Waals surface area contributed by atoms with Gasteiger partial charge in [-0.3, -0.25) is 19.7 Å². The second-order valence-corrected chi connectivity index (χ2v) is 6.64. The van der Waals surface area contributed by atoms with Crippen molar-refractivity contribution in [1.82, 2.24) is 15.5 Å². The second kappa shape index (κ2) is 7.33. The van der Waals surface area contributed by atoms with Gasteiger partial charge in [-0.05, 0) is 30.0 Å². The molecule has 1 aromatic rings. The molecule has 0 aromatic heterocycles. The van der Waals surface area contributed by atoms with E-state index in [9.17, 15) is 14.4 Å². The zero-order chi connectivity index (χ0) is 18.0. The maximum absolute atomic E-state index is 12.7. The largest absolute Gasteiger partial charge is 0.327 e. The lowest BCUT2D eigenvalue weighted by molar-refractivity contribution is -0.136. The highest BCUT2D eigenvalue weighted by Gasteiger charge is 2.39. The molecule has 2 heterocycles. The van der Waals surface area contributed by atoms with Gasteiger partial charge in [-0.25, -0.2) is 0 Å². The fourth-order valence-corrected chi connectivity index (χ4v) is 3.35. The number of hydrogen-bond donors (Lipinski definition) is 3. The Morgan fingerprint density at radius 1 is 1.36 bits per heavy atom. The summed E-state index contributed by atoms with van der Waals surface area (Å²) >= 11 is 0. The van der Waals surface area contributed by atoms with Crippen LogP contribution in [0.15, 0.2) is 18.2 Å². The van der Waals surface area contributed by atoms with Crippen LogP contribution in [0.25, 0.3) is 0 Å². The molecule has 0 radical (unpaired) electrons. The molecule has 134 valence electrons. The predicted molar refractivity (Wildman–Crippen MR) is 92.5 cm³/mol. The normalized spacial score (nSPS) is 21.3. The monoisotopic (exact) mass is 344 g/mol. The summed E-state index contributed by atoms with van der Waals surface area (Å²) in [7, 11) is 0. The van der Waals surface area contributed by atoms with Crippen molar-refractivity contribution in [2.24, 2.45) is 5.73 Å². The highest BCUT2D eigenvalue weighted by molar-refractivity contribution is 6.05. The molecule has 0 saturated carbocycles. The first-order valence-electron chi connectivity index (χ1n) is 8.73. The molecule has 0 aliphatic carbocycles. The van der Waals surface area contributed by atoms with Crippen molar-refractivity contribution in [2.45, 2.75) is 51.4 Å². The number of carbonyl (C=O) groups is 3. The average Bonchev–Trinajstić information content (AvgIpc) is 2.92. The summed E-state index contributed by atoms with van der Waals surface area (Å²) in [6.07, 6.45) is 1.55. The molecule has 2 aliphatic heterocycles. The molecule has 1 fully saturated rings. The van der Waals surface area contributed by atoms with E-state index >= 15 is 0 Å². The zero-order valence-corrected chi connectivity index (χ0v) is 14.4. The van der Waals surface area contributed by atoms with Crippen molar-refractivity contribution < 1.29 is 14.4 Å². The van der Waals surface area contributed by atoms with Gasteiger partial charge in [-0.1, -0.05) is 19.1 Å². The zero-order valence-electron chi connectivity index (χ0n) is 14.4. The Bertz CT molecular complexity index is 704. The Kier molecular flexibility index (Phi) is 5.15. The van der Waals surface area contributed by atoms with Crippen LogP contribution in [0, 0.1) is 0 Å². The topological polar surface area (TPSA) is 105 Å². The van der Waals surface area contributed by atoms with Crippen LogP contribution < -0.4 is 16.4 Å². The van der Waals surface area contributed by atoms with Gasteiger partial charge in [0.25, 0.3) is 5.91 Å². The predicted octanol–water partition coefficient (Wildman–Crippen LogP) is 0.275. The number of nitrogens with one attached hydrogen (secondary N) is 2. The Labute approximate surface area is 146 Å². The summed E-state index contributed by atoms with van der Waals surface area (Å²) in [4.78, 5) is 37.7. The summed E-state index contributed by atoms with van der Waals surface area (Å²) in [5.41, 5.74) is 8.56. The maximum Gasteiger partial charge on any atom is 0.255 e. The van der Waals surface area contributed by atoms with Gasteiger partial charge in [0.1, 0.15) is 6.04 Å². The molecule has 0 bridgehead atoms. The number of imide groups is 1. The third-order valence-electron chi connectivity index (χ3n) is 4.93. The molecule has 0 spiro atoms. The fourth-order valence-electron chi connectivity index (χ4n) is 3.35. The van der Waals surface area contributed by atoms with E-state index in [0.29, 0.717) is 31.6 Å². The van der Waals surface area contributed by atoms with Gasteiger partial charge in [-0.15, -0.1) is 0 Å². The van der Waals surface area contributed by atoms with Crippen LogP contribution in [0.5, 0.6) is 0 Å². The number of nitrogens with two attached hydrogens (primary N) is 1. The summed E-state index contributed by atoms with van der Waals surface area (Å²) in [5.74, 6) is -0.801. The lowest BCUT2D eigenvalue weighted by atomic mass is 10.0. The van der Waals surface area contributed by atoms with Gasteiger partial charge in [0.15, 0.2) is 0 Å². The number of carbonyl (C=O) groups excluding carboxylic acids is 3. The highest BCUT2D eigenvalue weighted by Crippen LogP contribution is 2.29. The minimum absolute atomic E-state index is 0.110. The first-order valence-corrected chi connectivity index (χ1v) is 8.73. The lowest BCUT2D eigenvalue weighted by Crippen LogP contribution is -2.52. The molecule has 2 atom stereocenters. The Morgan fingerprint density at radius 2 is 2.16 bits per heavy atom. The van der Waals surface area contributed by atoms with Crippen LogP contribution in [-0.4, -0.2) is 41.2 Å². The molecule has 2 unspecified atom stereocenters. The molecule has 3 rings (SSSR count). The quantitative estimate of drug-likeness (QED) is 0.643. The van der Waals surface area contributed by atoms with Crippen molar-refractivity contribution in [1.29, 1.82) is 0 Å².